The molecule has 1 spiro atoms. The molecule has 1 fully saturated rings. The molecule has 11 nitrogen and oxygen atoms in total. The first-order chi connectivity index (χ1) is 18.0. The van der Waals surface area contributed by atoms with Gasteiger partial charge in [0.2, 0.25) is 0 Å². The number of nitrogens with two attached hydrogens (primary N) is 1. The van der Waals surface area contributed by atoms with E-state index in [1.54, 1.807) is 6.92 Å². The maximum Gasteiger partial charge on any atom is 0.332 e. The molecule has 4 rings (SSSR count). The number of rotatable bonds is 7. The van der Waals surface area contributed by atoms with Crippen LogP contribution in [0, 0.1) is 6.92 Å². The quantitative estimate of drug-likeness (QED) is 0.386. The predicted octanol–water partition coefficient (Wildman–Crippen LogP) is 2.26. The van der Waals surface area contributed by atoms with Gasteiger partial charge in [-0.3, -0.25) is 13.9 Å². The first-order valence-corrected chi connectivity index (χ1v) is 17.0. The van der Waals surface area contributed by atoms with Gasteiger partial charge in [0.15, 0.2) is 20.1 Å². The smallest absolute Gasteiger partial charge is 0.332 e. The molecule has 2 aliphatic heterocycles. The molecular weight excluding hydrogens is 542 g/mol. The number of hydrogen-bond acceptors (Lipinski definition) is 9. The summed E-state index contributed by atoms with van der Waals surface area (Å²) >= 11 is 0. The van der Waals surface area contributed by atoms with E-state index in [1.807, 2.05) is 64.2 Å². The van der Waals surface area contributed by atoms with Gasteiger partial charge in [0.25, 0.3) is 15.7 Å². The Bertz CT molecular complexity index is 1490. The molecule has 0 amide bonds. The van der Waals surface area contributed by atoms with E-state index in [2.05, 4.69) is 0 Å². The monoisotopic (exact) mass is 579 g/mol. The van der Waals surface area contributed by atoms with Gasteiger partial charge in [-0.2, -0.15) is 8.42 Å². The zero-order valence-electron chi connectivity index (χ0n) is 23.3. The molecule has 0 unspecified atom stereocenters. The molecule has 2 aliphatic rings. The van der Waals surface area contributed by atoms with E-state index in [1.165, 1.54) is 17.8 Å². The van der Waals surface area contributed by atoms with Crippen LogP contribution >= 0.6 is 0 Å². The third-order valence-corrected chi connectivity index (χ3v) is 13.3. The summed E-state index contributed by atoms with van der Waals surface area (Å²) in [6.07, 6.45) is -1.98. The van der Waals surface area contributed by atoms with Crippen molar-refractivity contribution in [2.75, 3.05) is 6.61 Å². The highest BCUT2D eigenvalue weighted by Gasteiger charge is 2.67. The Morgan fingerprint density at radius 3 is 2.36 bits per heavy atom. The highest BCUT2D eigenvalue weighted by atomic mass is 32.2. The Balaban J connectivity index is 1.85. The average Bonchev–Trinajstić information content (AvgIpc) is 3.26. The van der Waals surface area contributed by atoms with Crippen LogP contribution in [0.5, 0.6) is 0 Å². The number of nitrogens with zero attached hydrogens (tertiary/aromatic N) is 2. The molecule has 1 aromatic carbocycles. The van der Waals surface area contributed by atoms with Gasteiger partial charge in [0.05, 0.1) is 24.3 Å². The molecule has 2 aromatic rings. The first-order valence-electron chi connectivity index (χ1n) is 12.7. The fraction of sp³-hybridized carbons (Fsp3) is 0.538. The molecule has 1 aromatic heterocycles. The maximum absolute atomic E-state index is 13.3. The maximum atomic E-state index is 13.3. The van der Waals surface area contributed by atoms with Gasteiger partial charge in [-0.1, -0.05) is 51.1 Å². The van der Waals surface area contributed by atoms with Crippen molar-refractivity contribution in [3.63, 3.8) is 0 Å². The van der Waals surface area contributed by atoms with Crippen LogP contribution in [0.1, 0.15) is 38.1 Å². The van der Waals surface area contributed by atoms with Crippen LogP contribution in [0.15, 0.2) is 57.2 Å². The fourth-order valence-corrected chi connectivity index (χ4v) is 7.10. The Hall–Kier alpha value is -2.55. The van der Waals surface area contributed by atoms with E-state index < -0.39 is 53.7 Å². The summed E-state index contributed by atoms with van der Waals surface area (Å²) in [5.74, 6) is 0. The van der Waals surface area contributed by atoms with Crippen LogP contribution in [0.4, 0.5) is 0 Å². The van der Waals surface area contributed by atoms with Crippen molar-refractivity contribution in [1.29, 1.82) is 0 Å². The van der Waals surface area contributed by atoms with Crippen LogP contribution < -0.4 is 17.0 Å². The molecule has 1 saturated heterocycles. The van der Waals surface area contributed by atoms with Gasteiger partial charge in [-0.05, 0) is 30.6 Å². The van der Waals surface area contributed by atoms with Gasteiger partial charge < -0.3 is 19.6 Å². The van der Waals surface area contributed by atoms with Crippen molar-refractivity contribution in [2.24, 2.45) is 12.8 Å². The van der Waals surface area contributed by atoms with Crippen LogP contribution in [-0.4, -0.2) is 50.3 Å². The largest absolute Gasteiger partial charge is 0.406 e. The average molecular weight is 580 g/mol. The summed E-state index contributed by atoms with van der Waals surface area (Å²) in [7, 11) is -5.47. The topological polar surface area (TPSA) is 141 Å². The second-order valence-electron chi connectivity index (χ2n) is 11.6. The number of hydrogen-bond donors (Lipinski definition) is 1. The minimum atomic E-state index is -4.19. The van der Waals surface area contributed by atoms with Gasteiger partial charge in [0.1, 0.15) is 12.2 Å². The summed E-state index contributed by atoms with van der Waals surface area (Å²) in [5.41, 5.74) is 4.63. The van der Waals surface area contributed by atoms with Crippen molar-refractivity contribution >= 4 is 18.4 Å². The normalized spacial score (nSPS) is 26.7. The van der Waals surface area contributed by atoms with Gasteiger partial charge >= 0.3 is 5.69 Å². The van der Waals surface area contributed by atoms with E-state index in [0.717, 1.165) is 15.5 Å². The second-order valence-corrected chi connectivity index (χ2v) is 17.8. The summed E-state index contributed by atoms with van der Waals surface area (Å²) in [4.78, 5) is 25.8. The highest BCUT2D eigenvalue weighted by Crippen LogP contribution is 2.51. The molecule has 0 radical (unpaired) electrons. The van der Waals surface area contributed by atoms with E-state index in [4.69, 9.17) is 23.8 Å². The van der Waals surface area contributed by atoms with Crippen molar-refractivity contribution in [3.05, 3.63) is 79.6 Å². The molecular formula is C26H37N3O8SSi. The Morgan fingerprint density at radius 2 is 1.79 bits per heavy atom. The Kier molecular flexibility index (Phi) is 7.64. The van der Waals surface area contributed by atoms with Crippen molar-refractivity contribution < 1.29 is 26.5 Å². The van der Waals surface area contributed by atoms with E-state index in [-0.39, 0.29) is 23.9 Å². The molecule has 0 aliphatic carbocycles. The van der Waals surface area contributed by atoms with Gasteiger partial charge in [-0.25, -0.2) is 8.98 Å². The minimum absolute atomic E-state index is 0.100. The predicted molar refractivity (Wildman–Crippen MR) is 148 cm³/mol. The standard InChI is InChI=1S/C26H37N3O8SSi/c1-17-13-29(24(31)28(5)22(17)30)23-21(36-39(6,7)25(2,3)4)26(19(27)16-38(32,33)37-26)20(35-23)15-34-14-18-11-9-8-10-12-18/h8-13,16,20-21,23H,14-15,27H2,1-7H3/t20-,21+,23-,26-/m1/s1. The van der Waals surface area contributed by atoms with Crippen molar-refractivity contribution in [1.82, 2.24) is 9.13 Å². The molecule has 0 saturated carbocycles. The van der Waals surface area contributed by atoms with Crippen molar-refractivity contribution in [3.8, 4) is 0 Å². The lowest BCUT2D eigenvalue weighted by molar-refractivity contribution is -0.0783. The lowest BCUT2D eigenvalue weighted by atomic mass is 9.89. The molecule has 4 atom stereocenters. The first kappa shape index (κ1) is 29.4. The molecule has 2 N–H and O–H groups in total. The Morgan fingerprint density at radius 1 is 1.15 bits per heavy atom. The third-order valence-electron chi connectivity index (χ3n) is 7.81. The number of benzene rings is 1. The van der Waals surface area contributed by atoms with E-state index in [9.17, 15) is 18.0 Å². The number of ether oxygens (including phenoxy) is 2. The summed E-state index contributed by atoms with van der Waals surface area (Å²) < 4.78 is 52.7. The SMILES string of the molecule is Cc1cn([C@@H]2O[C@H](COCc3ccccc3)[C@@]3(OS(=O)(=O)C=C3N)[C@H]2O[Si](C)(C)C(C)(C)C)c(=O)n(C)c1=O. The summed E-state index contributed by atoms with van der Waals surface area (Å²) in [6.45, 7) is 11.8. The lowest BCUT2D eigenvalue weighted by Gasteiger charge is -2.43. The third kappa shape index (κ3) is 5.31. The molecule has 0 bridgehead atoms. The van der Waals surface area contributed by atoms with Crippen LogP contribution in [-0.2, 0) is 41.9 Å². The zero-order valence-corrected chi connectivity index (χ0v) is 25.2. The van der Waals surface area contributed by atoms with Crippen LogP contribution in [0.25, 0.3) is 0 Å². The molecule has 3 heterocycles. The van der Waals surface area contributed by atoms with E-state index in [0.29, 0.717) is 5.56 Å². The summed E-state index contributed by atoms with van der Waals surface area (Å²) in [5, 5.41) is 0.570. The molecule has 13 heteroatoms. The van der Waals surface area contributed by atoms with Gasteiger partial charge in [0, 0.05) is 18.8 Å². The zero-order chi connectivity index (χ0) is 29.0. The lowest BCUT2D eigenvalue weighted by Crippen LogP contribution is -2.58. The summed E-state index contributed by atoms with van der Waals surface area (Å²) in [6, 6.07) is 9.45. The number of aromatic nitrogens is 2. The molecule has 214 valence electrons. The van der Waals surface area contributed by atoms with Crippen LogP contribution in [0.3, 0.4) is 0 Å². The van der Waals surface area contributed by atoms with E-state index >= 15 is 0 Å². The second kappa shape index (κ2) is 10.1. The number of aryl methyl sites for hydroxylation is 1. The van der Waals surface area contributed by atoms with Crippen LogP contribution in [0.2, 0.25) is 18.1 Å². The minimum Gasteiger partial charge on any atom is -0.406 e. The van der Waals surface area contributed by atoms with Crippen molar-refractivity contribution in [2.45, 2.75) is 76.5 Å². The molecule has 39 heavy (non-hydrogen) atoms. The fourth-order valence-electron chi connectivity index (χ4n) is 4.60. The van der Waals surface area contributed by atoms with Gasteiger partial charge in [-0.15, -0.1) is 0 Å². The Labute approximate surface area is 229 Å². The highest BCUT2D eigenvalue weighted by molar-refractivity contribution is 7.90.